The molecule has 3 heterocycles. The van der Waals surface area contributed by atoms with Gasteiger partial charge in [-0.25, -0.2) is 14.7 Å². The number of hydrogen-bond donors (Lipinski definition) is 1. The van der Waals surface area contributed by atoms with E-state index in [4.69, 9.17) is 11.6 Å². The number of barbiturate groups is 1. The van der Waals surface area contributed by atoms with Crippen LogP contribution < -0.4 is 10.2 Å². The lowest BCUT2D eigenvalue weighted by Gasteiger charge is -2.27. The summed E-state index contributed by atoms with van der Waals surface area (Å²) in [6, 6.07) is 9.87. The van der Waals surface area contributed by atoms with Gasteiger partial charge in [0, 0.05) is 22.6 Å². The van der Waals surface area contributed by atoms with Gasteiger partial charge in [0.25, 0.3) is 11.8 Å². The molecule has 2 aromatic heterocycles. The first kappa shape index (κ1) is 21.5. The zero-order valence-electron chi connectivity index (χ0n) is 18.1. The monoisotopic (exact) mass is 448 g/mol. The minimum atomic E-state index is -0.808. The molecule has 0 aliphatic carbocycles. The molecule has 4 rings (SSSR count). The highest BCUT2D eigenvalue weighted by molar-refractivity contribution is 6.40. The van der Waals surface area contributed by atoms with Crippen molar-refractivity contribution in [3.63, 3.8) is 0 Å². The van der Waals surface area contributed by atoms with Gasteiger partial charge in [0.2, 0.25) is 0 Å². The number of urea groups is 1. The number of amides is 4. The molecule has 32 heavy (non-hydrogen) atoms. The number of halogens is 1. The maximum Gasteiger partial charge on any atom is 0.335 e. The molecule has 3 aromatic rings. The van der Waals surface area contributed by atoms with Crippen molar-refractivity contribution in [2.45, 2.75) is 27.7 Å². The number of benzene rings is 1. The Morgan fingerprint density at radius 2 is 1.78 bits per heavy atom. The molecule has 1 aliphatic heterocycles. The molecule has 0 spiro atoms. The average molecular weight is 449 g/mol. The molecule has 7 nitrogen and oxygen atoms in total. The topological polar surface area (TPSA) is 84.3 Å². The first-order chi connectivity index (χ1) is 15.2. The van der Waals surface area contributed by atoms with Crippen LogP contribution in [-0.2, 0) is 9.59 Å². The van der Waals surface area contributed by atoms with Crippen molar-refractivity contribution in [3.05, 3.63) is 81.3 Å². The lowest BCUT2D eigenvalue weighted by Crippen LogP contribution is -2.54. The fourth-order valence-electron chi connectivity index (χ4n) is 3.75. The van der Waals surface area contributed by atoms with Crippen LogP contribution in [0.5, 0.6) is 0 Å². The number of nitrogens with zero attached hydrogens (tertiary/aromatic N) is 3. The molecule has 0 saturated carbocycles. The Morgan fingerprint density at radius 3 is 2.47 bits per heavy atom. The van der Waals surface area contributed by atoms with E-state index in [0.29, 0.717) is 21.8 Å². The number of aromatic nitrogens is 2. The summed E-state index contributed by atoms with van der Waals surface area (Å²) in [5, 5.41) is 2.67. The van der Waals surface area contributed by atoms with Gasteiger partial charge in [-0.15, -0.1) is 0 Å². The Kier molecular flexibility index (Phi) is 5.44. The highest BCUT2D eigenvalue weighted by Crippen LogP contribution is 2.30. The molecule has 0 bridgehead atoms. The second kappa shape index (κ2) is 8.09. The average Bonchev–Trinajstić information content (AvgIpc) is 3.02. The summed E-state index contributed by atoms with van der Waals surface area (Å²) in [6.45, 7) is 7.48. The number of rotatable bonds is 3. The minimum Gasteiger partial charge on any atom is -0.303 e. The number of hydrogen-bond acceptors (Lipinski definition) is 4. The molecule has 1 saturated heterocycles. The molecule has 8 heteroatoms. The number of imide groups is 2. The first-order valence-electron chi connectivity index (χ1n) is 9.97. The Balaban J connectivity index is 1.78. The lowest BCUT2D eigenvalue weighted by molar-refractivity contribution is -0.122. The van der Waals surface area contributed by atoms with Crippen LogP contribution in [0.25, 0.3) is 11.9 Å². The van der Waals surface area contributed by atoms with Crippen molar-refractivity contribution >= 4 is 41.2 Å². The molecule has 0 radical (unpaired) electrons. The molecular weight excluding hydrogens is 428 g/mol. The van der Waals surface area contributed by atoms with Gasteiger partial charge in [0.05, 0.1) is 5.69 Å². The summed E-state index contributed by atoms with van der Waals surface area (Å²) in [7, 11) is 0. The van der Waals surface area contributed by atoms with Crippen LogP contribution in [0.4, 0.5) is 10.5 Å². The highest BCUT2D eigenvalue weighted by atomic mass is 35.5. The van der Waals surface area contributed by atoms with E-state index in [9.17, 15) is 14.4 Å². The molecule has 1 aromatic carbocycles. The Morgan fingerprint density at radius 1 is 1.03 bits per heavy atom. The SMILES string of the molecule is Cc1ccc(-n2c(C)cc(/C=C3\C(=O)NC(=O)N(c4cccc(Cl)c4C)C3=O)c2C)nc1. The summed E-state index contributed by atoms with van der Waals surface area (Å²) in [5.74, 6) is -0.711. The second-order valence-corrected chi connectivity index (χ2v) is 8.10. The van der Waals surface area contributed by atoms with Crippen molar-refractivity contribution in [1.29, 1.82) is 0 Å². The van der Waals surface area contributed by atoms with E-state index in [2.05, 4.69) is 10.3 Å². The number of anilines is 1. The lowest BCUT2D eigenvalue weighted by atomic mass is 10.1. The third-order valence-electron chi connectivity index (χ3n) is 5.48. The van der Waals surface area contributed by atoms with Gasteiger partial charge in [-0.05, 0) is 74.7 Å². The Bertz CT molecular complexity index is 1310. The molecule has 0 atom stereocenters. The van der Waals surface area contributed by atoms with Gasteiger partial charge in [0.15, 0.2) is 0 Å². The van der Waals surface area contributed by atoms with Crippen LogP contribution in [0.2, 0.25) is 5.02 Å². The van der Waals surface area contributed by atoms with Gasteiger partial charge in [-0.3, -0.25) is 14.9 Å². The molecule has 162 valence electrons. The molecule has 1 fully saturated rings. The number of carbonyl (C=O) groups excluding carboxylic acids is 3. The van der Waals surface area contributed by atoms with Crippen molar-refractivity contribution in [1.82, 2.24) is 14.9 Å². The zero-order chi connectivity index (χ0) is 23.2. The largest absolute Gasteiger partial charge is 0.335 e. The van der Waals surface area contributed by atoms with E-state index in [0.717, 1.165) is 27.7 Å². The zero-order valence-corrected chi connectivity index (χ0v) is 18.8. The van der Waals surface area contributed by atoms with E-state index in [1.54, 1.807) is 31.3 Å². The summed E-state index contributed by atoms with van der Waals surface area (Å²) in [6.07, 6.45) is 3.28. The van der Waals surface area contributed by atoms with Crippen LogP contribution in [0.15, 0.2) is 48.2 Å². The van der Waals surface area contributed by atoms with Gasteiger partial charge in [0.1, 0.15) is 11.4 Å². The number of pyridine rings is 1. The second-order valence-electron chi connectivity index (χ2n) is 7.70. The molecule has 1 aliphatic rings. The van der Waals surface area contributed by atoms with Gasteiger partial charge >= 0.3 is 6.03 Å². The van der Waals surface area contributed by atoms with E-state index in [1.165, 1.54) is 6.08 Å². The number of aryl methyl sites for hydroxylation is 2. The van der Waals surface area contributed by atoms with E-state index in [1.807, 2.05) is 43.5 Å². The Labute approximate surface area is 190 Å². The maximum absolute atomic E-state index is 13.2. The van der Waals surface area contributed by atoms with Crippen molar-refractivity contribution in [3.8, 4) is 5.82 Å². The maximum atomic E-state index is 13.2. The molecule has 4 amide bonds. The molecular formula is C24H21ClN4O3. The third kappa shape index (κ3) is 3.61. The minimum absolute atomic E-state index is 0.138. The Hall–Kier alpha value is -3.71. The summed E-state index contributed by atoms with van der Waals surface area (Å²) >= 11 is 6.17. The molecule has 1 N–H and O–H groups in total. The van der Waals surface area contributed by atoms with Crippen molar-refractivity contribution < 1.29 is 14.4 Å². The van der Waals surface area contributed by atoms with Crippen molar-refractivity contribution in [2.75, 3.05) is 4.90 Å². The van der Waals surface area contributed by atoms with Crippen LogP contribution in [-0.4, -0.2) is 27.4 Å². The fourth-order valence-corrected chi connectivity index (χ4v) is 3.92. The van der Waals surface area contributed by atoms with Crippen LogP contribution in [0, 0.1) is 27.7 Å². The van der Waals surface area contributed by atoms with Crippen molar-refractivity contribution in [2.24, 2.45) is 0 Å². The highest BCUT2D eigenvalue weighted by Gasteiger charge is 2.37. The standard InChI is InChI=1S/C24H21ClN4O3/c1-13-8-9-21(26-12-13)28-14(2)10-17(16(28)4)11-18-22(30)27-24(32)29(23(18)31)20-7-5-6-19(25)15(20)3/h5-12H,1-4H3,(H,27,30,32)/b18-11+. The van der Waals surface area contributed by atoms with Gasteiger partial charge in [-0.2, -0.15) is 0 Å². The van der Waals surface area contributed by atoms with Crippen LogP contribution >= 0.6 is 11.6 Å². The summed E-state index contributed by atoms with van der Waals surface area (Å²) < 4.78 is 1.95. The first-order valence-corrected chi connectivity index (χ1v) is 10.4. The van der Waals surface area contributed by atoms with Crippen LogP contribution in [0.3, 0.4) is 0 Å². The van der Waals surface area contributed by atoms with Crippen LogP contribution in [0.1, 0.15) is 28.1 Å². The smallest absolute Gasteiger partial charge is 0.303 e. The normalized spacial score (nSPS) is 15.5. The summed E-state index contributed by atoms with van der Waals surface area (Å²) in [4.78, 5) is 43.7. The molecule has 0 unspecified atom stereocenters. The summed E-state index contributed by atoms with van der Waals surface area (Å²) in [5.41, 5.74) is 4.19. The van der Waals surface area contributed by atoms with E-state index >= 15 is 0 Å². The predicted molar refractivity (Wildman–Crippen MR) is 123 cm³/mol. The fraction of sp³-hybridized carbons (Fsp3) is 0.167. The third-order valence-corrected chi connectivity index (χ3v) is 5.89. The van der Waals surface area contributed by atoms with E-state index in [-0.39, 0.29) is 5.57 Å². The number of carbonyl (C=O) groups is 3. The number of nitrogens with one attached hydrogen (secondary N) is 1. The van der Waals surface area contributed by atoms with Gasteiger partial charge in [-0.1, -0.05) is 23.7 Å². The predicted octanol–water partition coefficient (Wildman–Crippen LogP) is 4.43. The van der Waals surface area contributed by atoms with E-state index < -0.39 is 17.8 Å². The quantitative estimate of drug-likeness (QED) is 0.474. The van der Waals surface area contributed by atoms with Gasteiger partial charge < -0.3 is 4.57 Å².